The number of fused-ring (bicyclic) bond motifs is 5. The van der Waals surface area contributed by atoms with E-state index in [1.807, 2.05) is 23.9 Å². The van der Waals surface area contributed by atoms with Crippen LogP contribution in [0.1, 0.15) is 23.1 Å². The third-order valence-corrected chi connectivity index (χ3v) is 14.9. The molecule has 0 spiro atoms. The lowest BCUT2D eigenvalue weighted by molar-refractivity contribution is 1.13. The van der Waals surface area contributed by atoms with Crippen molar-refractivity contribution < 1.29 is 0 Å². The Kier molecular flexibility index (Phi) is 11.0. The Bertz CT molecular complexity index is 3410. The van der Waals surface area contributed by atoms with Crippen molar-refractivity contribution in [3.63, 3.8) is 0 Å². The van der Waals surface area contributed by atoms with Crippen LogP contribution in [0.3, 0.4) is 0 Å². The van der Waals surface area contributed by atoms with E-state index >= 15 is 0 Å². The summed E-state index contributed by atoms with van der Waals surface area (Å²) in [6.07, 6.45) is 26.2. The first-order valence-corrected chi connectivity index (χ1v) is 24.4. The van der Waals surface area contributed by atoms with Gasteiger partial charge in [0.1, 0.15) is 0 Å². The highest BCUT2D eigenvalue weighted by Gasteiger charge is 2.29. The van der Waals surface area contributed by atoms with Gasteiger partial charge in [-0.05, 0) is 146 Å². The molecule has 1 aromatic heterocycles. The van der Waals surface area contributed by atoms with Crippen LogP contribution in [-0.4, -0.2) is 16.1 Å². The number of rotatable bonds is 5. The van der Waals surface area contributed by atoms with Crippen molar-refractivity contribution in [3.05, 3.63) is 228 Å². The van der Waals surface area contributed by atoms with Crippen molar-refractivity contribution in [3.8, 4) is 61.5 Å². The maximum absolute atomic E-state index is 6.71. The third kappa shape index (κ3) is 7.47. The van der Waals surface area contributed by atoms with Gasteiger partial charge < -0.3 is 10.3 Å². The standard InChI is InChI=1S/C61H48N2S2/c1-40-26-27-42(18-9-4-3-6-15-36-64-40)48-31-32-49(43-29-35-57-45(38-43)19-10-5-7-16-37-65-57)60-52-24-17-23-50-47(30-33-53(58(50)52)59(48)60)44-28-34-56-54(39-44)41(2)61(51-22-13-14-25-55(51)62)63(56)46-20-11-8-12-21-46/h3-8,10-18,20-35,38-39H,1,9,19,36-37,62H2,2H3/b4-3-,10-5-,15-6-,16-7-,27-26-,42-18+. The second-order valence-corrected chi connectivity index (χ2v) is 19.0. The Morgan fingerprint density at radius 3 is 2.14 bits per heavy atom. The Hall–Kier alpha value is -6.98. The molecule has 7 aromatic carbocycles. The zero-order chi connectivity index (χ0) is 43.9. The summed E-state index contributed by atoms with van der Waals surface area (Å²) < 4.78 is 2.37. The molecule has 3 heterocycles. The van der Waals surface area contributed by atoms with E-state index in [1.165, 1.54) is 87.8 Å². The number of allylic oxidation sites excluding steroid dienone is 10. The van der Waals surface area contributed by atoms with Crippen LogP contribution in [0.5, 0.6) is 0 Å². The van der Waals surface area contributed by atoms with Crippen LogP contribution in [0.25, 0.3) is 88.7 Å². The largest absolute Gasteiger partial charge is 0.398 e. The molecule has 2 N–H and O–H groups in total. The van der Waals surface area contributed by atoms with E-state index in [0.717, 1.165) is 57.4 Å². The van der Waals surface area contributed by atoms with Crippen molar-refractivity contribution in [2.75, 3.05) is 17.2 Å². The number of nitrogens with two attached hydrogens (primary N) is 1. The van der Waals surface area contributed by atoms with Crippen LogP contribution in [0.4, 0.5) is 5.69 Å². The predicted octanol–water partition coefficient (Wildman–Crippen LogP) is 16.8. The van der Waals surface area contributed by atoms with Crippen molar-refractivity contribution in [2.45, 2.75) is 24.7 Å². The number of anilines is 1. The molecule has 0 saturated heterocycles. The van der Waals surface area contributed by atoms with Gasteiger partial charge >= 0.3 is 0 Å². The molecule has 4 heteroatoms. The highest BCUT2D eigenvalue weighted by atomic mass is 32.2. The van der Waals surface area contributed by atoms with E-state index in [0.29, 0.717) is 0 Å². The number of thioether (sulfide) groups is 2. The monoisotopic (exact) mass is 872 g/mol. The zero-order valence-electron chi connectivity index (χ0n) is 36.4. The maximum atomic E-state index is 6.71. The van der Waals surface area contributed by atoms with Crippen molar-refractivity contribution in [1.82, 2.24) is 4.57 Å². The highest BCUT2D eigenvalue weighted by molar-refractivity contribution is 8.03. The predicted molar refractivity (Wildman–Crippen MR) is 285 cm³/mol. The zero-order valence-corrected chi connectivity index (χ0v) is 38.1. The molecular formula is C61H48N2S2. The Balaban J connectivity index is 1.12. The maximum Gasteiger partial charge on any atom is 0.0590 e. The summed E-state index contributed by atoms with van der Waals surface area (Å²) in [6.45, 7) is 6.64. The normalized spacial score (nSPS) is 17.9. The molecule has 65 heavy (non-hydrogen) atoms. The average Bonchev–Trinajstić information content (AvgIpc) is 3.86. The fourth-order valence-corrected chi connectivity index (χ4v) is 11.4. The molecule has 0 saturated carbocycles. The molecule has 314 valence electrons. The van der Waals surface area contributed by atoms with Crippen molar-refractivity contribution >= 4 is 56.5 Å². The summed E-state index contributed by atoms with van der Waals surface area (Å²) in [4.78, 5) is 2.40. The number of aromatic nitrogens is 1. The van der Waals surface area contributed by atoms with E-state index in [2.05, 4.69) is 206 Å². The first kappa shape index (κ1) is 40.8. The molecule has 1 aliphatic carbocycles. The van der Waals surface area contributed by atoms with E-state index < -0.39 is 0 Å². The fraction of sp³-hybridized carbons (Fsp3) is 0.0820. The van der Waals surface area contributed by atoms with Gasteiger partial charge in [-0.15, -0.1) is 23.5 Å². The molecule has 0 atom stereocenters. The first-order chi connectivity index (χ1) is 32.0. The Morgan fingerprint density at radius 1 is 0.569 bits per heavy atom. The van der Waals surface area contributed by atoms with Crippen LogP contribution in [0.2, 0.25) is 0 Å². The van der Waals surface area contributed by atoms with Gasteiger partial charge in [-0.25, -0.2) is 0 Å². The lowest BCUT2D eigenvalue weighted by Crippen LogP contribution is -1.99. The number of aryl methyl sites for hydroxylation is 1. The van der Waals surface area contributed by atoms with Crippen LogP contribution in [0.15, 0.2) is 217 Å². The van der Waals surface area contributed by atoms with E-state index in [9.17, 15) is 0 Å². The van der Waals surface area contributed by atoms with Gasteiger partial charge in [-0.2, -0.15) is 0 Å². The second kappa shape index (κ2) is 17.5. The number of hydrogen-bond donors (Lipinski definition) is 1. The minimum atomic E-state index is 0.770. The minimum Gasteiger partial charge on any atom is -0.398 e. The van der Waals surface area contributed by atoms with Gasteiger partial charge in [0.05, 0.1) is 11.2 Å². The molecule has 8 aromatic rings. The number of benzene rings is 7. The lowest BCUT2D eigenvalue weighted by Gasteiger charge is -2.18. The van der Waals surface area contributed by atoms with Crippen LogP contribution in [-0.2, 0) is 6.42 Å². The number of nitrogens with zero attached hydrogens (tertiary/aromatic N) is 1. The molecule has 0 fully saturated rings. The fourth-order valence-electron chi connectivity index (χ4n) is 9.95. The molecule has 0 unspecified atom stereocenters. The number of nitrogen functional groups attached to an aromatic ring is 1. The molecular weight excluding hydrogens is 825 g/mol. The minimum absolute atomic E-state index is 0.770. The van der Waals surface area contributed by atoms with E-state index in [4.69, 9.17) is 5.73 Å². The van der Waals surface area contributed by atoms with Gasteiger partial charge in [-0.1, -0.05) is 158 Å². The highest BCUT2D eigenvalue weighted by Crippen LogP contribution is 2.55. The summed E-state index contributed by atoms with van der Waals surface area (Å²) in [5.41, 5.74) is 27.0. The van der Waals surface area contributed by atoms with E-state index in [1.54, 1.807) is 11.8 Å². The molecule has 2 nitrogen and oxygen atoms in total. The molecule has 0 amide bonds. The van der Waals surface area contributed by atoms with Crippen LogP contribution in [0, 0.1) is 6.92 Å². The molecule has 2 aliphatic heterocycles. The average molecular weight is 873 g/mol. The summed E-state index contributed by atoms with van der Waals surface area (Å²) >= 11 is 3.68. The quantitative estimate of drug-likeness (QED) is 0.175. The third-order valence-electron chi connectivity index (χ3n) is 13.0. The first-order valence-electron chi connectivity index (χ1n) is 22.4. The van der Waals surface area contributed by atoms with Crippen LogP contribution < -0.4 is 5.73 Å². The summed E-state index contributed by atoms with van der Waals surface area (Å²) in [6, 6.07) is 49.4. The molecule has 0 radical (unpaired) electrons. The van der Waals surface area contributed by atoms with Gasteiger partial charge in [0.15, 0.2) is 0 Å². The lowest BCUT2D eigenvalue weighted by atomic mass is 9.86. The summed E-state index contributed by atoms with van der Waals surface area (Å²) in [5, 5.41) is 3.77. The van der Waals surface area contributed by atoms with Gasteiger partial charge in [-0.3, -0.25) is 0 Å². The number of hydrogen-bond acceptors (Lipinski definition) is 3. The van der Waals surface area contributed by atoms with Crippen molar-refractivity contribution in [1.29, 1.82) is 0 Å². The number of para-hydroxylation sites is 2. The van der Waals surface area contributed by atoms with E-state index in [-0.39, 0.29) is 0 Å². The molecule has 0 bridgehead atoms. The van der Waals surface area contributed by atoms with Gasteiger partial charge in [0.25, 0.3) is 0 Å². The molecule has 3 aliphatic rings. The smallest absolute Gasteiger partial charge is 0.0590 e. The van der Waals surface area contributed by atoms with Gasteiger partial charge in [0.2, 0.25) is 0 Å². The Morgan fingerprint density at radius 2 is 1.26 bits per heavy atom. The Labute approximate surface area is 390 Å². The summed E-state index contributed by atoms with van der Waals surface area (Å²) in [7, 11) is 0. The van der Waals surface area contributed by atoms with Gasteiger partial charge in [0, 0.05) is 43.6 Å². The van der Waals surface area contributed by atoms with Crippen LogP contribution >= 0.6 is 23.5 Å². The second-order valence-electron chi connectivity index (χ2n) is 16.8. The molecule has 11 rings (SSSR count). The topological polar surface area (TPSA) is 30.9 Å². The van der Waals surface area contributed by atoms with Crippen molar-refractivity contribution in [2.24, 2.45) is 0 Å². The summed E-state index contributed by atoms with van der Waals surface area (Å²) in [5.74, 6) is 1.86. The SMILES string of the molecule is C=C1/C=C\C(c2ccc(-c3ccc4c(c3)C/C=C\C=C/CS4)c3c2-c2ccc(-c4ccc5c(c4)c(C)c(-c4ccccc4N)n5-c4ccccc4)c4cccc-3c24)=C/C/C=C\C=C/CS1.